The molecule has 0 aliphatic heterocycles. The van der Waals surface area contributed by atoms with Gasteiger partial charge in [-0.15, -0.1) is 0 Å². The molecule has 0 saturated carbocycles. The van der Waals surface area contributed by atoms with Crippen molar-refractivity contribution in [2.75, 3.05) is 31.6 Å². The van der Waals surface area contributed by atoms with Crippen molar-refractivity contribution in [3.05, 3.63) is 59.7 Å². The summed E-state index contributed by atoms with van der Waals surface area (Å²) in [7, 11) is 0. The maximum absolute atomic E-state index is 12.3. The maximum Gasteiger partial charge on any atom is 0.344 e. The van der Waals surface area contributed by atoms with Crippen molar-refractivity contribution in [2.45, 2.75) is 13.8 Å². The van der Waals surface area contributed by atoms with Gasteiger partial charge in [0.1, 0.15) is 5.75 Å². The monoisotopic (exact) mass is 412 g/mol. The first-order valence-corrected chi connectivity index (χ1v) is 9.50. The van der Waals surface area contributed by atoms with Crippen LogP contribution in [-0.2, 0) is 14.3 Å². The van der Waals surface area contributed by atoms with Gasteiger partial charge >= 0.3 is 5.97 Å². The Hall–Kier alpha value is -3.68. The van der Waals surface area contributed by atoms with Crippen molar-refractivity contribution >= 4 is 29.8 Å². The van der Waals surface area contributed by atoms with Crippen molar-refractivity contribution in [2.24, 2.45) is 0 Å². The highest BCUT2D eigenvalue weighted by Crippen LogP contribution is 2.15. The molecule has 0 aliphatic carbocycles. The van der Waals surface area contributed by atoms with Crippen molar-refractivity contribution in [3.63, 3.8) is 0 Å². The van der Waals surface area contributed by atoms with E-state index in [1.165, 1.54) is 0 Å². The van der Waals surface area contributed by atoms with Gasteiger partial charge in [0.25, 0.3) is 11.8 Å². The van der Waals surface area contributed by atoms with Crippen LogP contribution in [0.1, 0.15) is 34.6 Å². The lowest BCUT2D eigenvalue weighted by atomic mass is 10.2. The predicted octanol–water partition coefficient (Wildman–Crippen LogP) is 2.54. The molecule has 8 heteroatoms. The highest BCUT2D eigenvalue weighted by Gasteiger charge is 2.13. The first-order chi connectivity index (χ1) is 14.5. The minimum absolute atomic E-state index is 0.0806. The number of ether oxygens (including phenoxy) is 2. The Balaban J connectivity index is 1.79. The lowest BCUT2D eigenvalue weighted by Crippen LogP contribution is -2.30. The fourth-order valence-corrected chi connectivity index (χ4v) is 2.62. The van der Waals surface area contributed by atoms with E-state index < -0.39 is 25.1 Å². The Kier molecular flexibility index (Phi) is 8.56. The predicted molar refractivity (Wildman–Crippen MR) is 111 cm³/mol. The Morgan fingerprint density at radius 3 is 2.27 bits per heavy atom. The molecule has 2 aromatic rings. The van der Waals surface area contributed by atoms with Crippen LogP contribution in [0.3, 0.4) is 0 Å². The summed E-state index contributed by atoms with van der Waals surface area (Å²) >= 11 is 0. The van der Waals surface area contributed by atoms with Crippen LogP contribution in [0.5, 0.6) is 5.75 Å². The summed E-state index contributed by atoms with van der Waals surface area (Å²) in [6, 6.07) is 12.9. The molecule has 2 amide bonds. The molecule has 0 unspecified atom stereocenters. The molecular weight excluding hydrogens is 388 g/mol. The van der Waals surface area contributed by atoms with Gasteiger partial charge in [0, 0.05) is 24.3 Å². The van der Waals surface area contributed by atoms with Crippen molar-refractivity contribution in [1.82, 2.24) is 4.90 Å². The van der Waals surface area contributed by atoms with Crippen LogP contribution in [0.4, 0.5) is 5.69 Å². The molecule has 2 aromatic carbocycles. The molecule has 0 fully saturated rings. The van der Waals surface area contributed by atoms with Gasteiger partial charge in [0.2, 0.25) is 0 Å². The van der Waals surface area contributed by atoms with Gasteiger partial charge in [-0.2, -0.15) is 0 Å². The first-order valence-electron chi connectivity index (χ1n) is 9.50. The van der Waals surface area contributed by atoms with Gasteiger partial charge in [-0.1, -0.05) is 12.1 Å². The Bertz CT molecular complexity index is 891. The third kappa shape index (κ3) is 6.44. The number of carbonyl (C=O) groups excluding carboxylic acids is 4. The molecule has 0 atom stereocenters. The number of para-hydroxylation sites is 1. The molecule has 2 rings (SSSR count). The topological polar surface area (TPSA) is 102 Å². The number of carbonyl (C=O) groups is 4. The number of nitrogens with one attached hydrogen (secondary N) is 1. The second-order valence-corrected chi connectivity index (χ2v) is 6.21. The van der Waals surface area contributed by atoms with Crippen LogP contribution in [0.2, 0.25) is 0 Å². The molecule has 0 spiro atoms. The van der Waals surface area contributed by atoms with Crippen LogP contribution in [0.15, 0.2) is 48.5 Å². The fourth-order valence-electron chi connectivity index (χ4n) is 2.62. The van der Waals surface area contributed by atoms with Gasteiger partial charge in [0.15, 0.2) is 19.5 Å². The fraction of sp³-hybridized carbons (Fsp3) is 0.273. The van der Waals surface area contributed by atoms with Crippen LogP contribution in [0.25, 0.3) is 0 Å². The molecule has 0 aromatic heterocycles. The van der Waals surface area contributed by atoms with Crippen LogP contribution in [-0.4, -0.2) is 55.3 Å². The summed E-state index contributed by atoms with van der Waals surface area (Å²) < 4.78 is 10.1. The van der Waals surface area contributed by atoms with Crippen LogP contribution < -0.4 is 10.1 Å². The molecule has 0 heterocycles. The Labute approximate surface area is 174 Å². The number of anilines is 1. The van der Waals surface area contributed by atoms with E-state index in [-0.39, 0.29) is 11.7 Å². The zero-order valence-electron chi connectivity index (χ0n) is 16.9. The summed E-state index contributed by atoms with van der Waals surface area (Å²) in [6.45, 7) is 4.12. The molecule has 1 N–H and O–H groups in total. The zero-order chi connectivity index (χ0) is 21.9. The summed E-state index contributed by atoms with van der Waals surface area (Å²) in [4.78, 5) is 48.6. The molecule has 0 bridgehead atoms. The molecule has 158 valence electrons. The van der Waals surface area contributed by atoms with Gasteiger partial charge in [-0.05, 0) is 50.2 Å². The molecule has 0 radical (unpaired) electrons. The Morgan fingerprint density at radius 2 is 1.63 bits per heavy atom. The number of amides is 2. The largest absolute Gasteiger partial charge is 0.481 e. The van der Waals surface area contributed by atoms with E-state index >= 15 is 0 Å². The molecule has 0 aliphatic rings. The SMILES string of the molecule is CCN(CC)C(=O)c1ccc(NC(=O)COC(=O)COc2ccccc2C=O)cc1. The van der Waals surface area contributed by atoms with Crippen molar-refractivity contribution in [1.29, 1.82) is 0 Å². The van der Waals surface area contributed by atoms with Crippen LogP contribution >= 0.6 is 0 Å². The summed E-state index contributed by atoms with van der Waals surface area (Å²) in [5, 5.41) is 2.58. The van der Waals surface area contributed by atoms with Gasteiger partial charge in [-0.25, -0.2) is 4.79 Å². The smallest absolute Gasteiger partial charge is 0.344 e. The lowest BCUT2D eigenvalue weighted by Gasteiger charge is -2.18. The van der Waals surface area contributed by atoms with E-state index in [1.807, 2.05) is 13.8 Å². The highest BCUT2D eigenvalue weighted by atomic mass is 16.6. The van der Waals surface area contributed by atoms with E-state index in [1.54, 1.807) is 53.4 Å². The normalized spacial score (nSPS) is 10.1. The maximum atomic E-state index is 12.3. The summed E-state index contributed by atoms with van der Waals surface area (Å²) in [6.07, 6.45) is 0.620. The van der Waals surface area contributed by atoms with E-state index in [0.29, 0.717) is 36.2 Å². The minimum Gasteiger partial charge on any atom is -0.481 e. The number of rotatable bonds is 10. The molecule has 0 saturated heterocycles. The zero-order valence-corrected chi connectivity index (χ0v) is 16.9. The van der Waals surface area contributed by atoms with E-state index in [0.717, 1.165) is 0 Å². The number of hydrogen-bond donors (Lipinski definition) is 1. The number of esters is 1. The van der Waals surface area contributed by atoms with Crippen LogP contribution in [0, 0.1) is 0 Å². The molecule has 30 heavy (non-hydrogen) atoms. The average Bonchev–Trinajstić information content (AvgIpc) is 2.77. The standard InChI is InChI=1S/C22H24N2O6/c1-3-24(4-2)22(28)16-9-11-18(12-10-16)23-20(26)14-30-21(27)15-29-19-8-6-5-7-17(19)13-25/h5-13H,3-4,14-15H2,1-2H3,(H,23,26). The number of aldehydes is 1. The second kappa shape index (κ2) is 11.4. The second-order valence-electron chi connectivity index (χ2n) is 6.21. The summed E-state index contributed by atoms with van der Waals surface area (Å²) in [5.41, 5.74) is 1.31. The third-order valence-corrected chi connectivity index (χ3v) is 4.22. The average molecular weight is 412 g/mol. The van der Waals surface area contributed by atoms with Gasteiger partial charge < -0.3 is 19.7 Å². The Morgan fingerprint density at radius 1 is 0.967 bits per heavy atom. The first kappa shape index (κ1) is 22.6. The van der Waals surface area contributed by atoms with Crippen molar-refractivity contribution in [3.8, 4) is 5.75 Å². The van der Waals surface area contributed by atoms with E-state index in [9.17, 15) is 19.2 Å². The van der Waals surface area contributed by atoms with E-state index in [4.69, 9.17) is 9.47 Å². The summed E-state index contributed by atoms with van der Waals surface area (Å²) in [5.74, 6) is -1.10. The van der Waals surface area contributed by atoms with Crippen molar-refractivity contribution < 1.29 is 28.7 Å². The van der Waals surface area contributed by atoms with Gasteiger partial charge in [-0.3, -0.25) is 14.4 Å². The quantitative estimate of drug-likeness (QED) is 0.475. The third-order valence-electron chi connectivity index (χ3n) is 4.22. The van der Waals surface area contributed by atoms with Gasteiger partial charge in [0.05, 0.1) is 5.56 Å². The minimum atomic E-state index is -0.744. The highest BCUT2D eigenvalue weighted by molar-refractivity contribution is 5.96. The molecule has 8 nitrogen and oxygen atoms in total. The lowest BCUT2D eigenvalue weighted by molar-refractivity contribution is -0.149. The van der Waals surface area contributed by atoms with E-state index in [2.05, 4.69) is 5.32 Å². The molecular formula is C22H24N2O6. The number of hydrogen-bond acceptors (Lipinski definition) is 6. The number of benzene rings is 2. The number of nitrogens with zero attached hydrogens (tertiary/aromatic N) is 1.